The highest BCUT2D eigenvalue weighted by molar-refractivity contribution is 5.92. The minimum atomic E-state index is -0.0369. The van der Waals surface area contributed by atoms with Gasteiger partial charge in [-0.15, -0.1) is 0 Å². The zero-order valence-electron chi connectivity index (χ0n) is 16.2. The highest BCUT2D eigenvalue weighted by atomic mass is 16.5. The normalized spacial score (nSPS) is 19.6. The molecule has 4 heterocycles. The van der Waals surface area contributed by atoms with Gasteiger partial charge in [0.25, 0.3) is 5.91 Å². The maximum absolute atomic E-state index is 12.6. The fraction of sp³-hybridized carbons (Fsp3) is 0.650. The van der Waals surface area contributed by atoms with Crippen molar-refractivity contribution in [2.75, 3.05) is 26.3 Å². The van der Waals surface area contributed by atoms with Gasteiger partial charge in [-0.3, -0.25) is 4.79 Å². The SMILES string of the molecule is Cc1ncoc1C(=O)N1CCC(Cn2c(C)cnc2C2CCOCC2)CC1. The zero-order valence-corrected chi connectivity index (χ0v) is 16.2. The lowest BCUT2D eigenvalue weighted by atomic mass is 9.95. The molecule has 0 atom stereocenters. The van der Waals surface area contributed by atoms with Crippen molar-refractivity contribution in [3.05, 3.63) is 35.6 Å². The molecular formula is C20H28N4O3. The van der Waals surface area contributed by atoms with E-state index in [1.807, 2.05) is 18.0 Å². The molecule has 27 heavy (non-hydrogen) atoms. The molecule has 2 aliphatic rings. The van der Waals surface area contributed by atoms with Crippen molar-refractivity contribution in [2.24, 2.45) is 5.92 Å². The first-order chi connectivity index (χ1) is 13.1. The minimum Gasteiger partial charge on any atom is -0.438 e. The number of imidazole rings is 1. The van der Waals surface area contributed by atoms with Gasteiger partial charge in [-0.1, -0.05) is 0 Å². The predicted molar refractivity (Wildman–Crippen MR) is 99.6 cm³/mol. The largest absolute Gasteiger partial charge is 0.438 e. The highest BCUT2D eigenvalue weighted by Gasteiger charge is 2.28. The average Bonchev–Trinajstić information content (AvgIpc) is 3.28. The van der Waals surface area contributed by atoms with Crippen molar-refractivity contribution < 1.29 is 13.9 Å². The molecule has 7 nitrogen and oxygen atoms in total. The Labute approximate surface area is 159 Å². The Bertz CT molecular complexity index is 783. The molecule has 2 aromatic heterocycles. The number of rotatable bonds is 4. The van der Waals surface area contributed by atoms with Gasteiger partial charge in [0.1, 0.15) is 5.82 Å². The number of oxazole rings is 1. The summed E-state index contributed by atoms with van der Waals surface area (Å²) < 4.78 is 13.2. The van der Waals surface area contributed by atoms with Crippen LogP contribution in [0.25, 0.3) is 0 Å². The Balaban J connectivity index is 1.38. The van der Waals surface area contributed by atoms with E-state index in [4.69, 9.17) is 14.1 Å². The number of carbonyl (C=O) groups is 1. The van der Waals surface area contributed by atoms with Crippen LogP contribution in [-0.4, -0.2) is 51.6 Å². The number of hydrogen-bond donors (Lipinski definition) is 0. The van der Waals surface area contributed by atoms with Gasteiger partial charge in [-0.2, -0.15) is 0 Å². The van der Waals surface area contributed by atoms with Crippen LogP contribution >= 0.6 is 0 Å². The van der Waals surface area contributed by atoms with E-state index in [1.54, 1.807) is 0 Å². The van der Waals surface area contributed by atoms with Crippen molar-refractivity contribution in [1.29, 1.82) is 0 Å². The quantitative estimate of drug-likeness (QED) is 0.825. The van der Waals surface area contributed by atoms with E-state index < -0.39 is 0 Å². The molecule has 1 amide bonds. The lowest BCUT2D eigenvalue weighted by Crippen LogP contribution is -2.39. The van der Waals surface area contributed by atoms with E-state index in [0.717, 1.165) is 58.5 Å². The molecule has 0 aromatic carbocycles. The van der Waals surface area contributed by atoms with Gasteiger partial charge in [0.05, 0.1) is 5.69 Å². The highest BCUT2D eigenvalue weighted by Crippen LogP contribution is 2.29. The van der Waals surface area contributed by atoms with Gasteiger partial charge >= 0.3 is 0 Å². The Morgan fingerprint density at radius 2 is 1.89 bits per heavy atom. The molecule has 2 fully saturated rings. The summed E-state index contributed by atoms with van der Waals surface area (Å²) in [6.45, 7) is 8.14. The predicted octanol–water partition coefficient (Wildman–Crippen LogP) is 2.93. The summed E-state index contributed by atoms with van der Waals surface area (Å²) in [5.74, 6) is 2.62. The lowest BCUT2D eigenvalue weighted by Gasteiger charge is -2.32. The van der Waals surface area contributed by atoms with Gasteiger partial charge in [0, 0.05) is 50.7 Å². The van der Waals surface area contributed by atoms with Crippen LogP contribution in [-0.2, 0) is 11.3 Å². The molecule has 4 rings (SSSR count). The molecule has 0 spiro atoms. The summed E-state index contributed by atoms with van der Waals surface area (Å²) in [5, 5.41) is 0. The molecule has 0 aliphatic carbocycles. The number of piperidine rings is 1. The van der Waals surface area contributed by atoms with Crippen molar-refractivity contribution in [3.63, 3.8) is 0 Å². The molecule has 146 valence electrons. The second kappa shape index (κ2) is 7.84. The number of likely N-dealkylation sites (tertiary alicyclic amines) is 1. The van der Waals surface area contributed by atoms with E-state index in [2.05, 4.69) is 16.5 Å². The Morgan fingerprint density at radius 1 is 1.15 bits per heavy atom. The van der Waals surface area contributed by atoms with Crippen LogP contribution in [0.15, 0.2) is 17.0 Å². The fourth-order valence-corrected chi connectivity index (χ4v) is 4.23. The fourth-order valence-electron chi connectivity index (χ4n) is 4.23. The topological polar surface area (TPSA) is 73.4 Å². The first-order valence-corrected chi connectivity index (χ1v) is 9.92. The number of amides is 1. The standard InChI is InChI=1S/C20H28N4O3/c1-14-11-21-19(17-5-9-26-10-6-17)24(14)12-16-3-7-23(8-4-16)20(25)18-15(2)22-13-27-18/h11,13,16-17H,3-10,12H2,1-2H3. The first-order valence-electron chi connectivity index (χ1n) is 9.92. The number of aryl methyl sites for hydroxylation is 2. The van der Waals surface area contributed by atoms with Gasteiger partial charge in [-0.25, -0.2) is 9.97 Å². The molecule has 0 N–H and O–H groups in total. The van der Waals surface area contributed by atoms with E-state index >= 15 is 0 Å². The van der Waals surface area contributed by atoms with Crippen molar-refractivity contribution in [3.8, 4) is 0 Å². The molecular weight excluding hydrogens is 344 g/mol. The van der Waals surface area contributed by atoms with Crippen LogP contribution in [0.4, 0.5) is 0 Å². The second-order valence-corrected chi connectivity index (χ2v) is 7.76. The van der Waals surface area contributed by atoms with Gasteiger partial charge < -0.3 is 18.6 Å². The minimum absolute atomic E-state index is 0.0369. The van der Waals surface area contributed by atoms with Crippen LogP contribution < -0.4 is 0 Å². The number of nitrogens with zero attached hydrogens (tertiary/aromatic N) is 4. The molecule has 2 saturated heterocycles. The summed E-state index contributed by atoms with van der Waals surface area (Å²) in [6.07, 6.45) is 7.46. The van der Waals surface area contributed by atoms with Gasteiger partial charge in [0.15, 0.2) is 6.39 Å². The van der Waals surface area contributed by atoms with Crippen LogP contribution in [0, 0.1) is 19.8 Å². The molecule has 0 saturated carbocycles. The third kappa shape index (κ3) is 3.78. The van der Waals surface area contributed by atoms with Gasteiger partial charge in [-0.05, 0) is 45.4 Å². The lowest BCUT2D eigenvalue weighted by molar-refractivity contribution is 0.0647. The third-order valence-electron chi connectivity index (χ3n) is 5.95. The molecule has 0 unspecified atom stereocenters. The van der Waals surface area contributed by atoms with E-state index in [9.17, 15) is 4.79 Å². The maximum Gasteiger partial charge on any atom is 0.291 e. The van der Waals surface area contributed by atoms with Crippen LogP contribution in [0.2, 0.25) is 0 Å². The Morgan fingerprint density at radius 3 is 2.56 bits per heavy atom. The molecule has 7 heteroatoms. The summed E-state index contributed by atoms with van der Waals surface area (Å²) >= 11 is 0. The smallest absolute Gasteiger partial charge is 0.291 e. The van der Waals surface area contributed by atoms with Crippen LogP contribution in [0.3, 0.4) is 0 Å². The summed E-state index contributed by atoms with van der Waals surface area (Å²) in [5.41, 5.74) is 1.89. The van der Waals surface area contributed by atoms with Crippen molar-refractivity contribution in [1.82, 2.24) is 19.4 Å². The number of carbonyl (C=O) groups excluding carboxylic acids is 1. The van der Waals surface area contributed by atoms with Crippen LogP contribution in [0.1, 0.15) is 59.4 Å². The van der Waals surface area contributed by atoms with Crippen molar-refractivity contribution >= 4 is 5.91 Å². The molecule has 2 aliphatic heterocycles. The molecule has 0 radical (unpaired) electrons. The van der Waals surface area contributed by atoms with Crippen molar-refractivity contribution in [2.45, 2.75) is 52.0 Å². The van der Waals surface area contributed by atoms with Gasteiger partial charge in [0.2, 0.25) is 5.76 Å². The first kappa shape index (κ1) is 18.2. The monoisotopic (exact) mass is 372 g/mol. The molecule has 2 aromatic rings. The van der Waals surface area contributed by atoms with E-state index in [-0.39, 0.29) is 5.91 Å². The summed E-state index contributed by atoms with van der Waals surface area (Å²) in [6, 6.07) is 0. The zero-order chi connectivity index (χ0) is 18.8. The average molecular weight is 372 g/mol. The third-order valence-corrected chi connectivity index (χ3v) is 5.95. The number of hydrogen-bond acceptors (Lipinski definition) is 5. The summed E-state index contributed by atoms with van der Waals surface area (Å²) in [7, 11) is 0. The number of aromatic nitrogens is 3. The molecule has 0 bridgehead atoms. The Kier molecular flexibility index (Phi) is 5.29. The maximum atomic E-state index is 12.6. The Hall–Kier alpha value is -2.15. The van der Waals surface area contributed by atoms with E-state index in [1.165, 1.54) is 17.9 Å². The second-order valence-electron chi connectivity index (χ2n) is 7.76. The number of ether oxygens (including phenoxy) is 1. The van der Waals surface area contributed by atoms with E-state index in [0.29, 0.717) is 23.3 Å². The summed E-state index contributed by atoms with van der Waals surface area (Å²) in [4.78, 5) is 23.2. The van der Waals surface area contributed by atoms with Crippen LogP contribution in [0.5, 0.6) is 0 Å².